The fraction of sp³-hybridized carbons (Fsp3) is 0.929. The summed E-state index contributed by atoms with van der Waals surface area (Å²) in [5.41, 5.74) is 0.204. The van der Waals surface area contributed by atoms with Gasteiger partial charge >= 0.3 is 0 Å². The lowest BCUT2D eigenvalue weighted by Crippen LogP contribution is -2.32. The summed E-state index contributed by atoms with van der Waals surface area (Å²) < 4.78 is 0. The Hall–Kier alpha value is -0.570. The molecule has 0 saturated heterocycles. The van der Waals surface area contributed by atoms with E-state index in [0.717, 1.165) is 6.42 Å². The summed E-state index contributed by atoms with van der Waals surface area (Å²) in [5, 5.41) is 12.3. The Bertz CT molecular complexity index is 281. The summed E-state index contributed by atoms with van der Waals surface area (Å²) in [6, 6.07) is 0. The molecule has 1 rings (SSSR count). The highest BCUT2D eigenvalue weighted by Crippen LogP contribution is 2.68. The molecule has 0 aromatic carbocycles. The summed E-state index contributed by atoms with van der Waals surface area (Å²) in [5.74, 6) is 0.607. The highest BCUT2D eigenvalue weighted by molar-refractivity contribution is 5.84. The molecular weight excluding hydrogens is 214 g/mol. The van der Waals surface area contributed by atoms with Gasteiger partial charge in [-0.25, -0.2) is 0 Å². The van der Waals surface area contributed by atoms with Gasteiger partial charge in [-0.15, -0.1) is 0 Å². The van der Waals surface area contributed by atoms with Crippen LogP contribution in [-0.2, 0) is 4.79 Å². The zero-order valence-electron chi connectivity index (χ0n) is 12.0. The van der Waals surface area contributed by atoms with Crippen molar-refractivity contribution in [1.82, 2.24) is 5.32 Å². The molecule has 0 bridgehead atoms. The number of nitrogens with one attached hydrogen (secondary N) is 1. The third-order valence-electron chi connectivity index (χ3n) is 4.65. The fourth-order valence-corrected chi connectivity index (χ4v) is 2.89. The van der Waals surface area contributed by atoms with E-state index in [9.17, 15) is 9.90 Å². The second-order valence-electron chi connectivity index (χ2n) is 6.81. The van der Waals surface area contributed by atoms with Crippen molar-refractivity contribution in [2.45, 2.75) is 54.1 Å². The zero-order chi connectivity index (χ0) is 13.4. The molecule has 2 unspecified atom stereocenters. The Morgan fingerprint density at radius 1 is 1.24 bits per heavy atom. The van der Waals surface area contributed by atoms with E-state index in [0.29, 0.717) is 12.5 Å². The van der Waals surface area contributed by atoms with Gasteiger partial charge in [-0.05, 0) is 30.1 Å². The smallest absolute Gasteiger partial charge is 0.224 e. The van der Waals surface area contributed by atoms with Crippen molar-refractivity contribution in [3.63, 3.8) is 0 Å². The monoisotopic (exact) mass is 241 g/mol. The van der Waals surface area contributed by atoms with E-state index in [4.69, 9.17) is 0 Å². The van der Waals surface area contributed by atoms with Gasteiger partial charge in [0, 0.05) is 12.5 Å². The van der Waals surface area contributed by atoms with Crippen molar-refractivity contribution in [1.29, 1.82) is 0 Å². The molecule has 100 valence electrons. The van der Waals surface area contributed by atoms with Crippen LogP contribution in [0.2, 0.25) is 0 Å². The van der Waals surface area contributed by atoms with Crippen LogP contribution < -0.4 is 5.32 Å². The predicted molar refractivity (Wildman–Crippen MR) is 69.5 cm³/mol. The summed E-state index contributed by atoms with van der Waals surface area (Å²) >= 11 is 0. The second-order valence-corrected chi connectivity index (χ2v) is 6.81. The lowest BCUT2D eigenvalue weighted by molar-refractivity contribution is -0.123. The number of carbonyl (C=O) groups is 1. The normalized spacial score (nSPS) is 25.1. The SMILES string of the molecule is CC(O)CC(C)CNC(=O)C1C(C)(C)C1(C)C. The summed E-state index contributed by atoms with van der Waals surface area (Å²) in [6.45, 7) is 13.1. The molecule has 2 N–H and O–H groups in total. The van der Waals surface area contributed by atoms with Crippen LogP contribution in [0.1, 0.15) is 48.0 Å². The number of amides is 1. The van der Waals surface area contributed by atoms with Crippen molar-refractivity contribution in [3.8, 4) is 0 Å². The molecule has 0 aromatic rings. The largest absolute Gasteiger partial charge is 0.393 e. The Labute approximate surface area is 105 Å². The molecule has 17 heavy (non-hydrogen) atoms. The first-order valence-electron chi connectivity index (χ1n) is 6.56. The first-order valence-corrected chi connectivity index (χ1v) is 6.56. The molecule has 2 atom stereocenters. The maximum Gasteiger partial charge on any atom is 0.224 e. The van der Waals surface area contributed by atoms with E-state index < -0.39 is 0 Å². The highest BCUT2D eigenvalue weighted by Gasteiger charge is 2.68. The maximum absolute atomic E-state index is 12.1. The first-order chi connectivity index (χ1) is 7.60. The first kappa shape index (κ1) is 14.5. The van der Waals surface area contributed by atoms with Crippen molar-refractivity contribution in [3.05, 3.63) is 0 Å². The number of hydrogen-bond acceptors (Lipinski definition) is 2. The number of aliphatic hydroxyl groups excluding tert-OH is 1. The quantitative estimate of drug-likeness (QED) is 0.775. The van der Waals surface area contributed by atoms with Crippen LogP contribution in [-0.4, -0.2) is 23.7 Å². The molecule has 1 saturated carbocycles. The van der Waals surface area contributed by atoms with Gasteiger partial charge in [0.2, 0.25) is 5.91 Å². The van der Waals surface area contributed by atoms with Crippen molar-refractivity contribution >= 4 is 5.91 Å². The Morgan fingerprint density at radius 2 is 1.71 bits per heavy atom. The predicted octanol–water partition coefficient (Wildman–Crippen LogP) is 2.19. The molecule has 1 amide bonds. The van der Waals surface area contributed by atoms with Crippen LogP contribution in [0, 0.1) is 22.7 Å². The maximum atomic E-state index is 12.1. The molecule has 1 aliphatic rings. The van der Waals surface area contributed by atoms with Gasteiger partial charge in [-0.1, -0.05) is 34.6 Å². The van der Waals surface area contributed by atoms with E-state index in [1.165, 1.54) is 0 Å². The number of carbonyl (C=O) groups excluding carboxylic acids is 1. The van der Waals surface area contributed by atoms with Crippen LogP contribution in [0.5, 0.6) is 0 Å². The molecule has 0 heterocycles. The fourth-order valence-electron chi connectivity index (χ4n) is 2.89. The number of hydrogen-bond donors (Lipinski definition) is 2. The average molecular weight is 241 g/mol. The van der Waals surface area contributed by atoms with Gasteiger partial charge in [0.05, 0.1) is 6.10 Å². The van der Waals surface area contributed by atoms with Crippen LogP contribution in [0.15, 0.2) is 0 Å². The third-order valence-corrected chi connectivity index (χ3v) is 4.65. The van der Waals surface area contributed by atoms with Gasteiger partial charge < -0.3 is 10.4 Å². The highest BCUT2D eigenvalue weighted by atomic mass is 16.3. The number of rotatable bonds is 5. The molecule has 0 aromatic heterocycles. The Kier molecular flexibility index (Phi) is 3.92. The van der Waals surface area contributed by atoms with E-state index in [1.54, 1.807) is 6.92 Å². The van der Waals surface area contributed by atoms with Crippen molar-refractivity contribution < 1.29 is 9.90 Å². The minimum atomic E-state index is -0.296. The van der Waals surface area contributed by atoms with Crippen LogP contribution in [0.25, 0.3) is 0 Å². The standard InChI is InChI=1S/C14H27NO2/c1-9(7-10(2)16)8-15-12(17)11-13(3,4)14(11,5)6/h9-11,16H,7-8H2,1-6H3,(H,15,17). The summed E-state index contributed by atoms with van der Waals surface area (Å²) in [4.78, 5) is 12.1. The van der Waals surface area contributed by atoms with Crippen LogP contribution >= 0.6 is 0 Å². The van der Waals surface area contributed by atoms with Gasteiger partial charge in [0.25, 0.3) is 0 Å². The zero-order valence-corrected chi connectivity index (χ0v) is 12.0. The molecule has 0 radical (unpaired) electrons. The van der Waals surface area contributed by atoms with E-state index in [2.05, 4.69) is 39.9 Å². The van der Waals surface area contributed by atoms with Gasteiger partial charge in [-0.2, -0.15) is 0 Å². The molecule has 0 spiro atoms. The summed E-state index contributed by atoms with van der Waals surface area (Å²) in [6.07, 6.45) is 0.438. The second kappa shape index (κ2) is 4.60. The summed E-state index contributed by atoms with van der Waals surface area (Å²) in [7, 11) is 0. The van der Waals surface area contributed by atoms with E-state index in [1.807, 2.05) is 0 Å². The lowest BCUT2D eigenvalue weighted by atomic mass is 10.0. The molecule has 0 aliphatic heterocycles. The minimum absolute atomic E-state index is 0.102. The Balaban J connectivity index is 2.38. The third kappa shape index (κ3) is 2.82. The lowest BCUT2D eigenvalue weighted by Gasteiger charge is -2.14. The molecule has 3 heteroatoms. The van der Waals surface area contributed by atoms with E-state index in [-0.39, 0.29) is 28.8 Å². The average Bonchev–Trinajstić information content (AvgIpc) is 2.52. The topological polar surface area (TPSA) is 49.3 Å². The van der Waals surface area contributed by atoms with Gasteiger partial charge in [0.1, 0.15) is 0 Å². The van der Waals surface area contributed by atoms with Crippen molar-refractivity contribution in [2.75, 3.05) is 6.54 Å². The minimum Gasteiger partial charge on any atom is -0.393 e. The number of aliphatic hydroxyl groups is 1. The van der Waals surface area contributed by atoms with Gasteiger partial charge in [0.15, 0.2) is 0 Å². The molecular formula is C14H27NO2. The van der Waals surface area contributed by atoms with Crippen LogP contribution in [0.4, 0.5) is 0 Å². The Morgan fingerprint density at radius 3 is 2.06 bits per heavy atom. The van der Waals surface area contributed by atoms with E-state index >= 15 is 0 Å². The van der Waals surface area contributed by atoms with Gasteiger partial charge in [-0.3, -0.25) is 4.79 Å². The molecule has 1 aliphatic carbocycles. The van der Waals surface area contributed by atoms with Crippen molar-refractivity contribution in [2.24, 2.45) is 22.7 Å². The molecule has 1 fully saturated rings. The molecule has 3 nitrogen and oxygen atoms in total. The van der Waals surface area contributed by atoms with Crippen LogP contribution in [0.3, 0.4) is 0 Å².